The van der Waals surface area contributed by atoms with Crippen LogP contribution in [0.4, 0.5) is 0 Å². The van der Waals surface area contributed by atoms with E-state index in [0.717, 1.165) is 11.5 Å². The molecule has 0 unspecified atom stereocenters. The zero-order valence-corrected chi connectivity index (χ0v) is 27.0. The minimum Gasteiger partial charge on any atom is -0.614 e. The molecule has 0 aromatic heterocycles. The summed E-state index contributed by atoms with van der Waals surface area (Å²) in [7, 11) is 0. The van der Waals surface area contributed by atoms with Gasteiger partial charge in [0.25, 0.3) is 0 Å². The monoisotopic (exact) mass is 495 g/mol. The van der Waals surface area contributed by atoms with Gasteiger partial charge in [-0.1, -0.05) is 132 Å². The summed E-state index contributed by atoms with van der Waals surface area (Å²) in [6, 6.07) is 9.13. The maximum Gasteiger partial charge on any atom is 0.832 e. The van der Waals surface area contributed by atoms with Gasteiger partial charge in [0.1, 0.15) is 0 Å². The molecule has 195 valence electrons. The number of hydrogen-bond acceptors (Lipinski definition) is 2. The first-order valence-electron chi connectivity index (χ1n) is 13.0. The average Bonchev–Trinajstić information content (AvgIpc) is 2.67. The van der Waals surface area contributed by atoms with Crippen LogP contribution < -0.4 is 7.58 Å². The fourth-order valence-electron chi connectivity index (χ4n) is 4.23. The molecular weight excluding hydrogens is 443 g/mol. The second-order valence-corrected chi connectivity index (χ2v) is 14.6. The van der Waals surface area contributed by atoms with E-state index < -0.39 is 15.9 Å². The first-order chi connectivity index (χ1) is 15.7. The molecule has 1 radical (unpaired) electrons. The Labute approximate surface area is 224 Å². The van der Waals surface area contributed by atoms with Crippen LogP contribution in [-0.2, 0) is 21.7 Å². The van der Waals surface area contributed by atoms with Crippen molar-refractivity contribution in [1.29, 1.82) is 0 Å². The molecule has 0 aliphatic heterocycles. The summed E-state index contributed by atoms with van der Waals surface area (Å²) in [5, 5.41) is 0. The second-order valence-electron chi connectivity index (χ2n) is 13.8. The molecule has 0 heterocycles. The first-order valence-corrected chi connectivity index (χ1v) is 14.2. The van der Waals surface area contributed by atoms with Crippen molar-refractivity contribution in [1.82, 2.24) is 0 Å². The van der Waals surface area contributed by atoms with E-state index in [1.54, 1.807) is 6.92 Å². The number of rotatable bonds is 4. The van der Waals surface area contributed by atoms with E-state index in [1.807, 2.05) is 0 Å². The fourth-order valence-corrected chi connectivity index (χ4v) is 5.15. The summed E-state index contributed by atoms with van der Waals surface area (Å²) >= 11 is -1.33. The van der Waals surface area contributed by atoms with Crippen LogP contribution in [0.5, 0.6) is 11.5 Å². The molecule has 0 aliphatic carbocycles. The van der Waals surface area contributed by atoms with Crippen LogP contribution in [0.3, 0.4) is 0 Å². The highest BCUT2D eigenvalue weighted by Gasteiger charge is 2.30. The maximum atomic E-state index is 6.66. The van der Waals surface area contributed by atoms with Crippen LogP contribution in [0, 0.1) is 20.8 Å². The molecule has 0 bridgehead atoms. The summed E-state index contributed by atoms with van der Waals surface area (Å²) in [6.07, 6.45) is 0. The molecular formula is C32H52AlO2. The van der Waals surface area contributed by atoms with E-state index in [1.165, 1.54) is 33.4 Å². The van der Waals surface area contributed by atoms with E-state index in [0.29, 0.717) is 0 Å². The third-order valence-electron chi connectivity index (χ3n) is 6.11. The lowest BCUT2D eigenvalue weighted by Gasteiger charge is -2.33. The predicted molar refractivity (Wildman–Crippen MR) is 157 cm³/mol. The van der Waals surface area contributed by atoms with E-state index >= 15 is 0 Å². The SMILES string of the molecule is Cc1cc(C(C)(C)C)c([O][AlH][O]c2c(C(C)(C)C)cc(C)cc2C(C)(C)C)c(C(C)(C)C)c1.[CH2]C. The van der Waals surface area contributed by atoms with Crippen molar-refractivity contribution in [3.63, 3.8) is 0 Å². The summed E-state index contributed by atoms with van der Waals surface area (Å²) in [6.45, 7) is 36.5. The molecule has 0 saturated carbocycles. The molecule has 2 aromatic carbocycles. The first kappa shape index (κ1) is 31.6. The molecule has 0 amide bonds. The van der Waals surface area contributed by atoms with Crippen molar-refractivity contribution in [2.24, 2.45) is 0 Å². The molecule has 2 rings (SSSR count). The van der Waals surface area contributed by atoms with E-state index in [9.17, 15) is 0 Å². The highest BCUT2D eigenvalue weighted by atomic mass is 27.2. The van der Waals surface area contributed by atoms with Crippen molar-refractivity contribution in [3.8, 4) is 11.5 Å². The zero-order valence-electron chi connectivity index (χ0n) is 25.5. The summed E-state index contributed by atoms with van der Waals surface area (Å²) in [5.74, 6) is 2.04. The molecule has 0 atom stereocenters. The molecule has 0 saturated heterocycles. The average molecular weight is 496 g/mol. The van der Waals surface area contributed by atoms with Gasteiger partial charge in [0, 0.05) is 0 Å². The topological polar surface area (TPSA) is 18.5 Å². The van der Waals surface area contributed by atoms with Crippen LogP contribution >= 0.6 is 0 Å². The minimum absolute atomic E-state index is 0.00719. The van der Waals surface area contributed by atoms with Crippen molar-refractivity contribution in [3.05, 3.63) is 64.6 Å². The molecule has 0 spiro atoms. The van der Waals surface area contributed by atoms with Gasteiger partial charge in [-0.05, 0) is 57.8 Å². The van der Waals surface area contributed by atoms with Gasteiger partial charge in [0.15, 0.2) is 0 Å². The van der Waals surface area contributed by atoms with Crippen molar-refractivity contribution >= 4 is 15.9 Å². The molecule has 35 heavy (non-hydrogen) atoms. The highest BCUT2D eigenvalue weighted by molar-refractivity contribution is 6.21. The van der Waals surface area contributed by atoms with Crippen LogP contribution in [0.25, 0.3) is 0 Å². The smallest absolute Gasteiger partial charge is 0.614 e. The van der Waals surface area contributed by atoms with E-state index in [4.69, 9.17) is 7.58 Å². The van der Waals surface area contributed by atoms with Crippen molar-refractivity contribution < 1.29 is 7.58 Å². The summed E-state index contributed by atoms with van der Waals surface area (Å²) in [5.41, 5.74) is 7.59. The number of benzene rings is 2. The molecule has 3 heteroatoms. The van der Waals surface area contributed by atoms with Crippen LogP contribution in [0.1, 0.15) is 123 Å². The number of aryl methyl sites for hydroxylation is 2. The maximum absolute atomic E-state index is 6.66. The third kappa shape index (κ3) is 8.30. The fraction of sp³-hybridized carbons (Fsp3) is 0.594. The second kappa shape index (κ2) is 11.3. The highest BCUT2D eigenvalue weighted by Crippen LogP contribution is 2.42. The minimum atomic E-state index is -1.33. The Balaban J connectivity index is 0.00000298. The van der Waals surface area contributed by atoms with Gasteiger partial charge in [0.2, 0.25) is 0 Å². The van der Waals surface area contributed by atoms with Gasteiger partial charge in [-0.15, -0.1) is 0 Å². The van der Waals surface area contributed by atoms with E-state index in [-0.39, 0.29) is 21.7 Å². The lowest BCUT2D eigenvalue weighted by Crippen LogP contribution is -2.25. The standard InChI is InChI=1S/2C15H24O.C2H5.Al.H/c2*1-10-8-11(14(2,3)4)13(16)12(9-10)15(5,6)7;1-2;;/h2*8-9,16H,1-7H3;1H2,2H3;;/q;;;+2;/p-2. The normalized spacial score (nSPS) is 12.6. The molecule has 0 N–H and O–H groups in total. The van der Waals surface area contributed by atoms with E-state index in [2.05, 4.69) is 128 Å². The van der Waals surface area contributed by atoms with Crippen LogP contribution in [0.15, 0.2) is 24.3 Å². The molecule has 2 aromatic rings. The van der Waals surface area contributed by atoms with Crippen LogP contribution in [-0.4, -0.2) is 15.9 Å². The van der Waals surface area contributed by atoms with Crippen LogP contribution in [0.2, 0.25) is 0 Å². The largest absolute Gasteiger partial charge is 0.832 e. The molecule has 0 aliphatic rings. The van der Waals surface area contributed by atoms with Gasteiger partial charge in [-0.25, -0.2) is 0 Å². The Kier molecular flexibility index (Phi) is 10.2. The Bertz CT molecular complexity index is 839. The lowest BCUT2D eigenvalue weighted by atomic mass is 9.78. The van der Waals surface area contributed by atoms with Gasteiger partial charge in [-0.2, -0.15) is 0 Å². The Hall–Kier alpha value is -1.43. The number of hydrogen-bond donors (Lipinski definition) is 0. The summed E-state index contributed by atoms with van der Waals surface area (Å²) < 4.78 is 13.3. The van der Waals surface area contributed by atoms with Crippen molar-refractivity contribution in [2.45, 2.75) is 126 Å². The van der Waals surface area contributed by atoms with Gasteiger partial charge < -0.3 is 7.58 Å². The zero-order chi connectivity index (χ0) is 27.6. The Morgan fingerprint density at radius 1 is 0.486 bits per heavy atom. The van der Waals surface area contributed by atoms with Crippen molar-refractivity contribution in [2.75, 3.05) is 0 Å². The van der Waals surface area contributed by atoms with Gasteiger partial charge in [0.05, 0.1) is 11.5 Å². The molecule has 2 nitrogen and oxygen atoms in total. The summed E-state index contributed by atoms with van der Waals surface area (Å²) in [4.78, 5) is 0. The lowest BCUT2D eigenvalue weighted by molar-refractivity contribution is 0.413. The quantitative estimate of drug-likeness (QED) is 0.394. The third-order valence-corrected chi connectivity index (χ3v) is 6.92. The van der Waals surface area contributed by atoms with Gasteiger partial charge >= 0.3 is 15.9 Å². The molecule has 0 fully saturated rings. The Morgan fingerprint density at radius 3 is 0.857 bits per heavy atom. The predicted octanol–water partition coefficient (Wildman–Crippen LogP) is 9.06. The van der Waals surface area contributed by atoms with Gasteiger partial charge in [-0.3, -0.25) is 0 Å². The Morgan fingerprint density at radius 2 is 0.686 bits per heavy atom.